The van der Waals surface area contributed by atoms with Gasteiger partial charge in [-0.2, -0.15) is 0 Å². The molecule has 0 unspecified atom stereocenters. The maximum atomic E-state index is 12.4. The van der Waals surface area contributed by atoms with E-state index in [0.29, 0.717) is 25.5 Å². The van der Waals surface area contributed by atoms with E-state index < -0.39 is 0 Å². The highest BCUT2D eigenvalue weighted by atomic mass is 16.6. The quantitative estimate of drug-likeness (QED) is 0.767. The van der Waals surface area contributed by atoms with Crippen LogP contribution in [-0.4, -0.2) is 31.2 Å². The van der Waals surface area contributed by atoms with Crippen LogP contribution in [0.25, 0.3) is 10.9 Å². The molecule has 1 amide bonds. The van der Waals surface area contributed by atoms with Gasteiger partial charge in [-0.25, -0.2) is 0 Å². The predicted molar refractivity (Wildman–Crippen MR) is 93.5 cm³/mol. The second-order valence-electron chi connectivity index (χ2n) is 5.80. The first-order valence-electron chi connectivity index (χ1n) is 8.06. The van der Waals surface area contributed by atoms with E-state index in [-0.39, 0.29) is 5.91 Å². The minimum Gasteiger partial charge on any atom is -0.497 e. The molecular weight excluding hydrogens is 320 g/mol. The van der Waals surface area contributed by atoms with Crippen LogP contribution in [0.5, 0.6) is 17.2 Å². The Hall–Kier alpha value is -3.15. The van der Waals surface area contributed by atoms with E-state index >= 15 is 0 Å². The van der Waals surface area contributed by atoms with Crippen molar-refractivity contribution in [3.63, 3.8) is 0 Å². The van der Waals surface area contributed by atoms with Gasteiger partial charge in [0, 0.05) is 23.5 Å². The third kappa shape index (κ3) is 3.10. The predicted octanol–water partition coefficient (Wildman–Crippen LogP) is 2.88. The lowest BCUT2D eigenvalue weighted by Gasteiger charge is -2.18. The maximum Gasteiger partial charge on any atom is 0.267 e. The summed E-state index contributed by atoms with van der Waals surface area (Å²) in [6, 6.07) is 13.2. The first kappa shape index (κ1) is 15.4. The number of hydrogen-bond donors (Lipinski definition) is 2. The highest BCUT2D eigenvalue weighted by Gasteiger charge is 2.13. The second-order valence-corrected chi connectivity index (χ2v) is 5.80. The van der Waals surface area contributed by atoms with Gasteiger partial charge in [-0.1, -0.05) is 6.07 Å². The number of methoxy groups -OCH3 is 1. The smallest absolute Gasteiger partial charge is 0.267 e. The van der Waals surface area contributed by atoms with Gasteiger partial charge in [0.05, 0.1) is 7.11 Å². The lowest BCUT2D eigenvalue weighted by molar-refractivity contribution is 0.0946. The number of amides is 1. The van der Waals surface area contributed by atoms with Crippen LogP contribution >= 0.6 is 0 Å². The zero-order valence-corrected chi connectivity index (χ0v) is 13.8. The van der Waals surface area contributed by atoms with Crippen LogP contribution in [-0.2, 0) is 6.54 Å². The van der Waals surface area contributed by atoms with Crippen molar-refractivity contribution in [1.82, 2.24) is 10.3 Å². The number of benzene rings is 2. The summed E-state index contributed by atoms with van der Waals surface area (Å²) in [7, 11) is 1.62. The summed E-state index contributed by atoms with van der Waals surface area (Å²) in [5.41, 5.74) is 2.33. The van der Waals surface area contributed by atoms with Gasteiger partial charge in [-0.15, -0.1) is 0 Å². The van der Waals surface area contributed by atoms with Crippen LogP contribution in [0.3, 0.4) is 0 Å². The van der Waals surface area contributed by atoms with Crippen LogP contribution in [0.1, 0.15) is 16.1 Å². The molecule has 6 heteroatoms. The monoisotopic (exact) mass is 338 g/mol. The number of hydrogen-bond acceptors (Lipinski definition) is 4. The van der Waals surface area contributed by atoms with E-state index in [1.54, 1.807) is 7.11 Å². The number of aromatic nitrogens is 1. The highest BCUT2D eigenvalue weighted by Crippen LogP contribution is 2.30. The molecule has 0 atom stereocenters. The van der Waals surface area contributed by atoms with Gasteiger partial charge in [0.1, 0.15) is 24.7 Å². The summed E-state index contributed by atoms with van der Waals surface area (Å²) < 4.78 is 16.3. The number of carbonyl (C=O) groups is 1. The zero-order chi connectivity index (χ0) is 17.2. The van der Waals surface area contributed by atoms with Gasteiger partial charge in [0.15, 0.2) is 11.5 Å². The van der Waals surface area contributed by atoms with Gasteiger partial charge < -0.3 is 24.5 Å². The molecule has 2 N–H and O–H groups in total. The van der Waals surface area contributed by atoms with Gasteiger partial charge in [-0.3, -0.25) is 4.79 Å². The van der Waals surface area contributed by atoms with E-state index in [1.165, 1.54) is 0 Å². The molecule has 6 nitrogen and oxygen atoms in total. The summed E-state index contributed by atoms with van der Waals surface area (Å²) in [6.45, 7) is 1.52. The molecule has 1 aliphatic heterocycles. The number of ether oxygens (including phenoxy) is 3. The van der Waals surface area contributed by atoms with Crippen molar-refractivity contribution < 1.29 is 19.0 Å². The van der Waals surface area contributed by atoms with Crippen molar-refractivity contribution in [2.24, 2.45) is 0 Å². The number of carbonyl (C=O) groups excluding carboxylic acids is 1. The average Bonchev–Trinajstić information content (AvgIpc) is 3.09. The Morgan fingerprint density at radius 2 is 1.96 bits per heavy atom. The number of fused-ring (bicyclic) bond motifs is 2. The van der Waals surface area contributed by atoms with Crippen molar-refractivity contribution in [1.29, 1.82) is 0 Å². The Kier molecular flexibility index (Phi) is 3.93. The van der Waals surface area contributed by atoms with Crippen LogP contribution in [0.2, 0.25) is 0 Å². The number of nitrogens with one attached hydrogen (secondary N) is 2. The van der Waals surface area contributed by atoms with E-state index in [1.807, 2.05) is 42.5 Å². The largest absolute Gasteiger partial charge is 0.497 e. The second kappa shape index (κ2) is 6.39. The molecule has 0 spiro atoms. The first-order valence-corrected chi connectivity index (χ1v) is 8.06. The third-order valence-corrected chi connectivity index (χ3v) is 4.13. The van der Waals surface area contributed by atoms with Crippen LogP contribution in [0, 0.1) is 0 Å². The van der Waals surface area contributed by atoms with E-state index in [0.717, 1.165) is 33.7 Å². The van der Waals surface area contributed by atoms with Crippen molar-refractivity contribution in [2.45, 2.75) is 6.54 Å². The normalized spacial score (nSPS) is 12.8. The van der Waals surface area contributed by atoms with Gasteiger partial charge in [0.2, 0.25) is 0 Å². The molecule has 2 heterocycles. The molecule has 4 rings (SSSR count). The van der Waals surface area contributed by atoms with E-state index in [2.05, 4.69) is 10.3 Å². The zero-order valence-electron chi connectivity index (χ0n) is 13.8. The molecule has 1 aliphatic rings. The lowest BCUT2D eigenvalue weighted by Crippen LogP contribution is -2.23. The fourth-order valence-electron chi connectivity index (χ4n) is 2.83. The van der Waals surface area contributed by atoms with Crippen molar-refractivity contribution in [3.05, 3.63) is 53.7 Å². The maximum absolute atomic E-state index is 12.4. The molecule has 25 heavy (non-hydrogen) atoms. The van der Waals surface area contributed by atoms with Crippen molar-refractivity contribution >= 4 is 16.8 Å². The number of aromatic amines is 1. The minimum atomic E-state index is -0.162. The third-order valence-electron chi connectivity index (χ3n) is 4.13. The molecule has 0 aliphatic carbocycles. The first-order chi connectivity index (χ1) is 12.2. The summed E-state index contributed by atoms with van der Waals surface area (Å²) in [5.74, 6) is 2.05. The lowest BCUT2D eigenvalue weighted by atomic mass is 10.2. The van der Waals surface area contributed by atoms with Gasteiger partial charge >= 0.3 is 0 Å². The molecule has 0 fully saturated rings. The molecule has 1 aromatic heterocycles. The Labute approximate surface area is 144 Å². The van der Waals surface area contributed by atoms with Crippen LogP contribution in [0.15, 0.2) is 42.5 Å². The van der Waals surface area contributed by atoms with Gasteiger partial charge in [-0.05, 0) is 35.9 Å². The average molecular weight is 338 g/mol. The molecular formula is C19H18N2O4. The van der Waals surface area contributed by atoms with Crippen LogP contribution in [0.4, 0.5) is 0 Å². The molecule has 0 bridgehead atoms. The molecule has 128 valence electrons. The minimum absolute atomic E-state index is 0.162. The molecule has 2 aromatic carbocycles. The summed E-state index contributed by atoms with van der Waals surface area (Å²) in [6.07, 6.45) is 0. The van der Waals surface area contributed by atoms with Gasteiger partial charge in [0.25, 0.3) is 5.91 Å². The standard InChI is InChI=1S/C19H18N2O4/c1-23-14-4-3-13-9-16(21-15(13)10-14)19(22)20-11-12-2-5-17-18(8-12)25-7-6-24-17/h2-5,8-10,21H,6-7,11H2,1H3,(H,20,22). The van der Waals surface area contributed by atoms with Crippen LogP contribution < -0.4 is 19.5 Å². The fraction of sp³-hybridized carbons (Fsp3) is 0.211. The molecule has 0 saturated heterocycles. The Morgan fingerprint density at radius 1 is 1.12 bits per heavy atom. The van der Waals surface area contributed by atoms with Crippen molar-refractivity contribution in [3.8, 4) is 17.2 Å². The fourth-order valence-corrected chi connectivity index (χ4v) is 2.83. The number of rotatable bonds is 4. The van der Waals surface area contributed by atoms with E-state index in [4.69, 9.17) is 14.2 Å². The molecule has 3 aromatic rings. The summed E-state index contributed by atoms with van der Waals surface area (Å²) in [4.78, 5) is 15.5. The Morgan fingerprint density at radius 3 is 2.80 bits per heavy atom. The van der Waals surface area contributed by atoms with E-state index in [9.17, 15) is 4.79 Å². The summed E-state index contributed by atoms with van der Waals surface area (Å²) in [5, 5.41) is 3.88. The number of H-pyrrole nitrogens is 1. The Balaban J connectivity index is 1.47. The molecule has 0 radical (unpaired) electrons. The molecule has 0 saturated carbocycles. The topological polar surface area (TPSA) is 72.6 Å². The Bertz CT molecular complexity index is 932. The summed E-state index contributed by atoms with van der Waals surface area (Å²) >= 11 is 0. The highest BCUT2D eigenvalue weighted by molar-refractivity contribution is 5.98. The van der Waals surface area contributed by atoms with Crippen molar-refractivity contribution in [2.75, 3.05) is 20.3 Å². The SMILES string of the molecule is COc1ccc2cc(C(=O)NCc3ccc4c(c3)OCCO4)[nH]c2c1.